The van der Waals surface area contributed by atoms with Gasteiger partial charge in [0.05, 0.1) is 23.8 Å². The molecule has 0 bridgehead atoms. The van der Waals surface area contributed by atoms with Crippen LogP contribution in [0.5, 0.6) is 5.75 Å². The number of benzene rings is 2. The quantitative estimate of drug-likeness (QED) is 0.655. The van der Waals surface area contributed by atoms with Crippen LogP contribution in [0, 0.1) is 17.0 Å². The molecule has 0 spiro atoms. The second-order valence-electron chi connectivity index (χ2n) is 6.34. The molecule has 0 aliphatic carbocycles. The summed E-state index contributed by atoms with van der Waals surface area (Å²) in [6, 6.07) is 12.0. The van der Waals surface area contributed by atoms with Gasteiger partial charge < -0.3 is 15.0 Å². The highest BCUT2D eigenvalue weighted by Gasteiger charge is 2.30. The van der Waals surface area contributed by atoms with Crippen LogP contribution in [0.3, 0.4) is 0 Å². The van der Waals surface area contributed by atoms with Crippen LogP contribution in [-0.4, -0.2) is 29.5 Å². The second kappa shape index (κ2) is 7.43. The number of nitro benzene ring substituents is 1. The highest BCUT2D eigenvalue weighted by atomic mass is 16.6. The van der Waals surface area contributed by atoms with Gasteiger partial charge in [0, 0.05) is 18.7 Å². The Kier molecular flexibility index (Phi) is 5.06. The van der Waals surface area contributed by atoms with Crippen LogP contribution in [0.1, 0.15) is 30.0 Å². The largest absolute Gasteiger partial charge is 0.495 e. The number of nitro groups is 1. The number of hydrogen-bond acceptors (Lipinski definition) is 4. The lowest BCUT2D eigenvalue weighted by molar-refractivity contribution is -0.384. The fourth-order valence-corrected chi connectivity index (χ4v) is 3.33. The number of urea groups is 1. The first-order chi connectivity index (χ1) is 12.5. The first-order valence-electron chi connectivity index (χ1n) is 8.46. The number of likely N-dealkylation sites (tertiary alicyclic amines) is 1. The van der Waals surface area contributed by atoms with Crippen molar-refractivity contribution in [3.8, 4) is 5.75 Å². The Morgan fingerprint density at radius 2 is 2.12 bits per heavy atom. The molecule has 7 heteroatoms. The zero-order valence-electron chi connectivity index (χ0n) is 14.8. The van der Waals surface area contributed by atoms with Crippen LogP contribution in [0.4, 0.5) is 16.2 Å². The van der Waals surface area contributed by atoms with Gasteiger partial charge in [-0.1, -0.05) is 29.8 Å². The van der Waals surface area contributed by atoms with Gasteiger partial charge in [-0.3, -0.25) is 10.1 Å². The molecule has 1 fully saturated rings. The van der Waals surface area contributed by atoms with E-state index in [0.717, 1.165) is 24.0 Å². The number of carbonyl (C=O) groups is 1. The van der Waals surface area contributed by atoms with Crippen molar-refractivity contribution >= 4 is 17.4 Å². The molecule has 0 unspecified atom stereocenters. The van der Waals surface area contributed by atoms with Crippen molar-refractivity contribution < 1.29 is 14.5 Å². The van der Waals surface area contributed by atoms with Crippen molar-refractivity contribution in [2.24, 2.45) is 0 Å². The predicted octanol–water partition coefficient (Wildman–Crippen LogP) is 4.28. The molecule has 3 rings (SSSR count). The number of amides is 2. The lowest BCUT2D eigenvalue weighted by atomic mass is 10.0. The smallest absolute Gasteiger partial charge is 0.322 e. The van der Waals surface area contributed by atoms with Crippen molar-refractivity contribution in [3.63, 3.8) is 0 Å². The normalized spacial score (nSPS) is 16.4. The van der Waals surface area contributed by atoms with E-state index < -0.39 is 4.92 Å². The first-order valence-corrected chi connectivity index (χ1v) is 8.46. The molecule has 1 saturated heterocycles. The van der Waals surface area contributed by atoms with E-state index in [-0.39, 0.29) is 17.8 Å². The number of methoxy groups -OCH3 is 1. The van der Waals surface area contributed by atoms with Gasteiger partial charge in [0.15, 0.2) is 0 Å². The van der Waals surface area contributed by atoms with Gasteiger partial charge in [0.25, 0.3) is 5.69 Å². The summed E-state index contributed by atoms with van der Waals surface area (Å²) in [7, 11) is 1.46. The van der Waals surface area contributed by atoms with Gasteiger partial charge in [-0.25, -0.2) is 4.79 Å². The average Bonchev–Trinajstić information content (AvgIpc) is 3.11. The van der Waals surface area contributed by atoms with E-state index in [2.05, 4.69) is 11.4 Å². The maximum absolute atomic E-state index is 12.8. The van der Waals surface area contributed by atoms with Gasteiger partial charge in [0.2, 0.25) is 0 Å². The molecule has 2 aromatic carbocycles. The summed E-state index contributed by atoms with van der Waals surface area (Å²) in [6.45, 7) is 2.67. The molecule has 1 atom stereocenters. The number of nitrogens with one attached hydrogen (secondary N) is 1. The summed E-state index contributed by atoms with van der Waals surface area (Å²) in [6.07, 6.45) is 1.81. The Hall–Kier alpha value is -3.09. The number of carbonyl (C=O) groups excluding carboxylic acids is 1. The molecule has 1 aliphatic rings. The Bertz CT molecular complexity index is 837. The van der Waals surface area contributed by atoms with Crippen LogP contribution in [0.25, 0.3) is 0 Å². The maximum Gasteiger partial charge on any atom is 0.322 e. The topological polar surface area (TPSA) is 84.7 Å². The van der Waals surface area contributed by atoms with Gasteiger partial charge >= 0.3 is 6.03 Å². The third-order valence-corrected chi connectivity index (χ3v) is 4.58. The minimum absolute atomic E-state index is 0.000377. The van der Waals surface area contributed by atoms with E-state index in [4.69, 9.17) is 4.74 Å². The molecule has 2 amide bonds. The number of rotatable bonds is 4. The number of ether oxygens (including phenoxy) is 1. The van der Waals surface area contributed by atoms with Gasteiger partial charge in [0.1, 0.15) is 5.75 Å². The van der Waals surface area contributed by atoms with Crippen LogP contribution < -0.4 is 10.1 Å². The molecule has 0 aromatic heterocycles. The highest BCUT2D eigenvalue weighted by Crippen LogP contribution is 2.34. The lowest BCUT2D eigenvalue weighted by Crippen LogP contribution is -2.34. The monoisotopic (exact) mass is 355 g/mol. The SMILES string of the molecule is COc1ccc([N+](=O)[O-])cc1NC(=O)N1CCC[C@H]1c1cccc(C)c1. The van der Waals surface area contributed by atoms with Crippen LogP contribution >= 0.6 is 0 Å². The molecule has 1 heterocycles. The summed E-state index contributed by atoms with van der Waals surface area (Å²) in [5.41, 5.74) is 2.44. The standard InChI is InChI=1S/C19H21N3O4/c1-13-5-3-6-14(11-13)17-7-4-10-21(17)19(23)20-16-12-15(22(24)25)8-9-18(16)26-2/h3,5-6,8-9,11-12,17H,4,7,10H2,1-2H3,(H,20,23)/t17-/m0/s1. The van der Waals surface area contributed by atoms with E-state index in [1.165, 1.54) is 25.3 Å². The molecule has 2 aromatic rings. The molecular formula is C19H21N3O4. The summed E-state index contributed by atoms with van der Waals surface area (Å²) in [5, 5.41) is 13.8. The summed E-state index contributed by atoms with van der Waals surface area (Å²) >= 11 is 0. The number of hydrogen-bond donors (Lipinski definition) is 1. The molecular weight excluding hydrogens is 334 g/mol. The number of aryl methyl sites for hydroxylation is 1. The van der Waals surface area contributed by atoms with E-state index in [9.17, 15) is 14.9 Å². The van der Waals surface area contributed by atoms with Crippen molar-refractivity contribution in [3.05, 3.63) is 63.7 Å². The van der Waals surface area contributed by atoms with Crippen molar-refractivity contribution in [2.45, 2.75) is 25.8 Å². The minimum atomic E-state index is -0.500. The fraction of sp³-hybridized carbons (Fsp3) is 0.316. The highest BCUT2D eigenvalue weighted by molar-refractivity contribution is 5.92. The number of anilines is 1. The van der Waals surface area contributed by atoms with Gasteiger partial charge in [-0.2, -0.15) is 0 Å². The molecule has 0 saturated carbocycles. The first kappa shape index (κ1) is 17.7. The summed E-state index contributed by atoms with van der Waals surface area (Å²) < 4.78 is 5.21. The molecule has 1 aliphatic heterocycles. The van der Waals surface area contributed by atoms with Crippen molar-refractivity contribution in [1.29, 1.82) is 0 Å². The van der Waals surface area contributed by atoms with E-state index in [1.807, 2.05) is 25.1 Å². The van der Waals surface area contributed by atoms with E-state index in [1.54, 1.807) is 4.90 Å². The van der Waals surface area contributed by atoms with E-state index >= 15 is 0 Å². The maximum atomic E-state index is 12.8. The third-order valence-electron chi connectivity index (χ3n) is 4.58. The lowest BCUT2D eigenvalue weighted by Gasteiger charge is -2.26. The van der Waals surface area contributed by atoms with Gasteiger partial charge in [-0.05, 0) is 31.4 Å². The second-order valence-corrected chi connectivity index (χ2v) is 6.34. The zero-order chi connectivity index (χ0) is 18.7. The van der Waals surface area contributed by atoms with Crippen molar-refractivity contribution in [1.82, 2.24) is 4.90 Å². The molecule has 1 N–H and O–H groups in total. The molecule has 136 valence electrons. The zero-order valence-corrected chi connectivity index (χ0v) is 14.8. The molecule has 26 heavy (non-hydrogen) atoms. The summed E-state index contributed by atoms with van der Waals surface area (Å²) in [5.74, 6) is 0.384. The number of nitrogens with zero attached hydrogens (tertiary/aromatic N) is 2. The van der Waals surface area contributed by atoms with Crippen LogP contribution in [-0.2, 0) is 0 Å². The van der Waals surface area contributed by atoms with Gasteiger partial charge in [-0.15, -0.1) is 0 Å². The van der Waals surface area contributed by atoms with E-state index in [0.29, 0.717) is 18.0 Å². The van der Waals surface area contributed by atoms with Crippen LogP contribution in [0.2, 0.25) is 0 Å². The molecule has 0 radical (unpaired) electrons. The Balaban J connectivity index is 1.83. The minimum Gasteiger partial charge on any atom is -0.495 e. The fourth-order valence-electron chi connectivity index (χ4n) is 3.33. The Labute approximate surface area is 151 Å². The predicted molar refractivity (Wildman–Crippen MR) is 98.5 cm³/mol. The summed E-state index contributed by atoms with van der Waals surface area (Å²) in [4.78, 5) is 25.1. The Morgan fingerprint density at radius 3 is 2.81 bits per heavy atom. The van der Waals surface area contributed by atoms with Crippen LogP contribution in [0.15, 0.2) is 42.5 Å². The Morgan fingerprint density at radius 1 is 1.31 bits per heavy atom. The van der Waals surface area contributed by atoms with Crippen molar-refractivity contribution in [2.75, 3.05) is 19.0 Å². The average molecular weight is 355 g/mol. The molecule has 7 nitrogen and oxygen atoms in total. The third kappa shape index (κ3) is 3.61. The number of non-ortho nitro benzene ring substituents is 1.